The van der Waals surface area contributed by atoms with E-state index in [1.165, 1.54) is 11.3 Å². The number of piperidine rings is 1. The van der Waals surface area contributed by atoms with Gasteiger partial charge in [-0.15, -0.1) is 0 Å². The molecule has 0 amide bonds. The van der Waals surface area contributed by atoms with E-state index in [2.05, 4.69) is 34.3 Å². The molecule has 20 heavy (non-hydrogen) atoms. The van der Waals surface area contributed by atoms with E-state index in [0.717, 1.165) is 43.2 Å². The predicted octanol–water partition coefficient (Wildman–Crippen LogP) is 3.16. The third-order valence-corrected chi connectivity index (χ3v) is 4.62. The summed E-state index contributed by atoms with van der Waals surface area (Å²) in [4.78, 5) is 0. The highest BCUT2D eigenvalue weighted by molar-refractivity contribution is 6.30. The van der Waals surface area contributed by atoms with Gasteiger partial charge in [-0.1, -0.05) is 17.7 Å². The smallest absolute Gasteiger partial charge is 0.151 e. The van der Waals surface area contributed by atoms with Gasteiger partial charge in [0.25, 0.3) is 0 Å². The zero-order valence-corrected chi connectivity index (χ0v) is 12.0. The largest absolute Gasteiger partial charge is 0.481 e. The lowest BCUT2D eigenvalue weighted by Crippen LogP contribution is -2.44. The number of hydrogen-bond donors (Lipinski definition) is 1. The molecular formula is C16H17ClN2O. The zero-order chi connectivity index (χ0) is 13.6. The minimum atomic E-state index is -0.218. The molecule has 2 aliphatic rings. The van der Waals surface area contributed by atoms with Crippen LogP contribution < -0.4 is 10.1 Å². The number of halogens is 1. The summed E-state index contributed by atoms with van der Waals surface area (Å²) in [7, 11) is 0. The van der Waals surface area contributed by atoms with Crippen molar-refractivity contribution < 1.29 is 4.74 Å². The second kappa shape index (κ2) is 4.54. The van der Waals surface area contributed by atoms with Crippen molar-refractivity contribution in [2.24, 2.45) is 0 Å². The zero-order valence-electron chi connectivity index (χ0n) is 11.2. The van der Waals surface area contributed by atoms with Crippen LogP contribution in [0.4, 0.5) is 0 Å². The van der Waals surface area contributed by atoms with Gasteiger partial charge >= 0.3 is 0 Å². The van der Waals surface area contributed by atoms with Crippen LogP contribution in [0.25, 0.3) is 0 Å². The molecule has 0 unspecified atom stereocenters. The molecule has 0 bridgehead atoms. The van der Waals surface area contributed by atoms with E-state index in [0.29, 0.717) is 0 Å². The molecule has 3 heterocycles. The number of nitrogens with zero attached hydrogens (tertiary/aromatic N) is 1. The maximum Gasteiger partial charge on any atom is 0.151 e. The Hall–Kier alpha value is -1.45. The first-order valence-corrected chi connectivity index (χ1v) is 7.48. The third kappa shape index (κ3) is 1.85. The van der Waals surface area contributed by atoms with Crippen LogP contribution in [0, 0.1) is 0 Å². The van der Waals surface area contributed by atoms with E-state index < -0.39 is 0 Å². The fourth-order valence-corrected chi connectivity index (χ4v) is 3.52. The Morgan fingerprint density at radius 1 is 1.20 bits per heavy atom. The van der Waals surface area contributed by atoms with Crippen molar-refractivity contribution in [1.82, 2.24) is 9.88 Å². The standard InChI is InChI=1S/C16H17ClN2O/c17-13-4-3-12-11-19-9-1-2-15(19)16(20-14(12)10-13)5-7-18-8-6-16/h1-4,9-10,18H,5-8,11H2. The number of fused-ring (bicyclic) bond motifs is 3. The van der Waals surface area contributed by atoms with Gasteiger partial charge in [0.2, 0.25) is 0 Å². The SMILES string of the molecule is Clc1ccc2c(c1)OC1(CCNCC1)c1cccn1C2. The highest BCUT2D eigenvalue weighted by Crippen LogP contribution is 2.41. The second-order valence-corrected chi connectivity index (χ2v) is 6.06. The fourth-order valence-electron chi connectivity index (χ4n) is 3.35. The molecule has 2 aliphatic heterocycles. The number of aromatic nitrogens is 1. The first-order chi connectivity index (χ1) is 9.77. The first-order valence-electron chi connectivity index (χ1n) is 7.11. The van der Waals surface area contributed by atoms with Crippen molar-refractivity contribution in [3.05, 3.63) is 52.8 Å². The van der Waals surface area contributed by atoms with E-state index in [9.17, 15) is 0 Å². The summed E-state index contributed by atoms with van der Waals surface area (Å²) in [6.45, 7) is 2.83. The van der Waals surface area contributed by atoms with Gasteiger partial charge in [0.05, 0.1) is 12.2 Å². The molecule has 1 aromatic carbocycles. The molecule has 1 fully saturated rings. The van der Waals surface area contributed by atoms with Crippen molar-refractivity contribution in [3.63, 3.8) is 0 Å². The molecule has 4 rings (SSSR count). The highest BCUT2D eigenvalue weighted by atomic mass is 35.5. The van der Waals surface area contributed by atoms with Crippen LogP contribution >= 0.6 is 11.6 Å². The maximum atomic E-state index is 6.51. The van der Waals surface area contributed by atoms with Crippen LogP contribution in [0.15, 0.2) is 36.5 Å². The summed E-state index contributed by atoms with van der Waals surface area (Å²) in [6, 6.07) is 10.3. The Kier molecular flexibility index (Phi) is 2.79. The summed E-state index contributed by atoms with van der Waals surface area (Å²) >= 11 is 6.14. The van der Waals surface area contributed by atoms with Crippen molar-refractivity contribution in [3.8, 4) is 5.75 Å². The topological polar surface area (TPSA) is 26.2 Å². The van der Waals surface area contributed by atoms with Gasteiger partial charge in [-0.2, -0.15) is 0 Å². The Bertz CT molecular complexity index is 644. The van der Waals surface area contributed by atoms with Gasteiger partial charge in [0.15, 0.2) is 5.60 Å². The van der Waals surface area contributed by atoms with E-state index in [1.807, 2.05) is 12.1 Å². The molecule has 1 N–H and O–H groups in total. The number of rotatable bonds is 0. The van der Waals surface area contributed by atoms with E-state index in [1.54, 1.807) is 0 Å². The first kappa shape index (κ1) is 12.3. The molecule has 1 saturated heterocycles. The fraction of sp³-hybridized carbons (Fsp3) is 0.375. The number of ether oxygens (including phenoxy) is 1. The monoisotopic (exact) mass is 288 g/mol. The Morgan fingerprint density at radius 3 is 2.90 bits per heavy atom. The Labute approximate surface area is 123 Å². The molecule has 0 radical (unpaired) electrons. The normalized spacial score (nSPS) is 19.9. The quantitative estimate of drug-likeness (QED) is 0.806. The molecule has 3 nitrogen and oxygen atoms in total. The summed E-state index contributed by atoms with van der Waals surface area (Å²) in [5.41, 5.74) is 2.26. The summed E-state index contributed by atoms with van der Waals surface area (Å²) in [5, 5.41) is 4.16. The summed E-state index contributed by atoms with van der Waals surface area (Å²) < 4.78 is 8.82. The average molecular weight is 289 g/mol. The van der Waals surface area contributed by atoms with Crippen molar-refractivity contribution >= 4 is 11.6 Å². The molecular weight excluding hydrogens is 272 g/mol. The van der Waals surface area contributed by atoms with E-state index >= 15 is 0 Å². The lowest BCUT2D eigenvalue weighted by atomic mass is 9.88. The van der Waals surface area contributed by atoms with Crippen LogP contribution in [-0.2, 0) is 12.1 Å². The summed E-state index contributed by atoms with van der Waals surface area (Å²) in [6.07, 6.45) is 4.12. The number of hydrogen-bond acceptors (Lipinski definition) is 2. The van der Waals surface area contributed by atoms with Crippen molar-refractivity contribution in [2.45, 2.75) is 25.0 Å². The molecule has 0 saturated carbocycles. The van der Waals surface area contributed by atoms with Gasteiger partial charge in [0, 0.05) is 29.6 Å². The maximum absolute atomic E-state index is 6.51. The molecule has 1 spiro atoms. The molecule has 0 aliphatic carbocycles. The molecule has 0 atom stereocenters. The van der Waals surface area contributed by atoms with Crippen molar-refractivity contribution in [1.29, 1.82) is 0 Å². The van der Waals surface area contributed by atoms with E-state index in [-0.39, 0.29) is 5.60 Å². The van der Waals surface area contributed by atoms with Crippen LogP contribution in [-0.4, -0.2) is 17.7 Å². The van der Waals surface area contributed by atoms with Crippen LogP contribution in [0.1, 0.15) is 24.1 Å². The minimum Gasteiger partial charge on any atom is -0.481 e. The minimum absolute atomic E-state index is 0.218. The lowest BCUT2D eigenvalue weighted by molar-refractivity contribution is 0.0293. The Morgan fingerprint density at radius 2 is 2.05 bits per heavy atom. The Balaban J connectivity index is 1.88. The van der Waals surface area contributed by atoms with Gasteiger partial charge in [-0.3, -0.25) is 0 Å². The van der Waals surface area contributed by atoms with Gasteiger partial charge in [0.1, 0.15) is 5.75 Å². The van der Waals surface area contributed by atoms with Crippen LogP contribution in [0.3, 0.4) is 0 Å². The van der Waals surface area contributed by atoms with Gasteiger partial charge in [-0.05, 0) is 37.4 Å². The van der Waals surface area contributed by atoms with Crippen molar-refractivity contribution in [2.75, 3.05) is 13.1 Å². The average Bonchev–Trinajstić information content (AvgIpc) is 2.88. The van der Waals surface area contributed by atoms with Gasteiger partial charge < -0.3 is 14.6 Å². The van der Waals surface area contributed by atoms with E-state index in [4.69, 9.17) is 16.3 Å². The second-order valence-electron chi connectivity index (χ2n) is 5.62. The third-order valence-electron chi connectivity index (χ3n) is 4.38. The van der Waals surface area contributed by atoms with Gasteiger partial charge in [-0.25, -0.2) is 0 Å². The molecule has 1 aromatic heterocycles. The lowest BCUT2D eigenvalue weighted by Gasteiger charge is -2.37. The van der Waals surface area contributed by atoms with Crippen LogP contribution in [0.2, 0.25) is 5.02 Å². The number of benzene rings is 1. The number of nitrogens with one attached hydrogen (secondary N) is 1. The van der Waals surface area contributed by atoms with Crippen LogP contribution in [0.5, 0.6) is 5.75 Å². The molecule has 2 aromatic rings. The predicted molar refractivity (Wildman–Crippen MR) is 79.4 cm³/mol. The molecule has 4 heteroatoms. The highest BCUT2D eigenvalue weighted by Gasteiger charge is 2.40. The summed E-state index contributed by atoms with van der Waals surface area (Å²) in [5.74, 6) is 0.933. The molecule has 104 valence electrons.